The number of benzene rings is 1. The molecule has 7 heteroatoms. The Morgan fingerprint density at radius 3 is 2.91 bits per heavy atom. The quantitative estimate of drug-likeness (QED) is 0.571. The van der Waals surface area contributed by atoms with Crippen molar-refractivity contribution in [1.82, 2.24) is 10.3 Å². The molecule has 2 rings (SSSR count). The summed E-state index contributed by atoms with van der Waals surface area (Å²) in [5.41, 5.74) is 1.78. The molecule has 2 aromatic rings. The maximum absolute atomic E-state index is 10.8. The number of aromatic nitrogens is 1. The van der Waals surface area contributed by atoms with Crippen LogP contribution in [0.4, 0.5) is 5.69 Å². The van der Waals surface area contributed by atoms with Gasteiger partial charge in [-0.3, -0.25) is 10.1 Å². The van der Waals surface area contributed by atoms with E-state index in [1.165, 1.54) is 17.4 Å². The first kappa shape index (κ1) is 17.5. The summed E-state index contributed by atoms with van der Waals surface area (Å²) in [6.45, 7) is 5.82. The average Bonchev–Trinajstić information content (AvgIpc) is 2.96. The van der Waals surface area contributed by atoms with Crippen molar-refractivity contribution in [3.63, 3.8) is 0 Å². The first-order valence-corrected chi connectivity index (χ1v) is 8.30. The van der Waals surface area contributed by atoms with E-state index >= 15 is 0 Å². The van der Waals surface area contributed by atoms with E-state index in [4.69, 9.17) is 5.11 Å². The number of non-ortho nitro benzene ring substituents is 1. The molecular formula is C16H21N3O3S. The van der Waals surface area contributed by atoms with E-state index in [1.54, 1.807) is 12.1 Å². The summed E-state index contributed by atoms with van der Waals surface area (Å²) in [5, 5.41) is 25.9. The predicted octanol–water partition coefficient (Wildman–Crippen LogP) is 3.22. The molecule has 0 radical (unpaired) electrons. The van der Waals surface area contributed by atoms with Gasteiger partial charge in [0.05, 0.1) is 10.6 Å². The lowest BCUT2D eigenvalue weighted by Crippen LogP contribution is -2.29. The molecule has 0 bridgehead atoms. The Balaban J connectivity index is 1.98. The fourth-order valence-corrected chi connectivity index (χ4v) is 3.01. The number of nitro groups is 1. The van der Waals surface area contributed by atoms with E-state index in [-0.39, 0.29) is 17.7 Å². The molecule has 0 aliphatic rings. The maximum Gasteiger partial charge on any atom is 0.270 e. The SMILES string of the molecule is CC(C)(CCO)CNCc1csc(-c2cccc([N+](=O)[O-])c2)n1. The van der Waals surface area contributed by atoms with Gasteiger partial charge in [-0.2, -0.15) is 0 Å². The van der Waals surface area contributed by atoms with Gasteiger partial charge in [-0.25, -0.2) is 4.98 Å². The normalized spacial score (nSPS) is 11.6. The van der Waals surface area contributed by atoms with Crippen LogP contribution in [0.3, 0.4) is 0 Å². The summed E-state index contributed by atoms with van der Waals surface area (Å²) < 4.78 is 0. The smallest absolute Gasteiger partial charge is 0.270 e. The van der Waals surface area contributed by atoms with Gasteiger partial charge in [0.15, 0.2) is 0 Å². The van der Waals surface area contributed by atoms with E-state index in [0.29, 0.717) is 6.54 Å². The number of nitrogens with one attached hydrogen (secondary N) is 1. The molecule has 1 aromatic carbocycles. The molecule has 1 heterocycles. The van der Waals surface area contributed by atoms with E-state index in [1.807, 2.05) is 11.4 Å². The number of aliphatic hydroxyl groups excluding tert-OH is 1. The van der Waals surface area contributed by atoms with Gasteiger partial charge in [0, 0.05) is 42.8 Å². The number of thiazole rings is 1. The molecule has 0 fully saturated rings. The van der Waals surface area contributed by atoms with Crippen LogP contribution in [-0.4, -0.2) is 28.2 Å². The Bertz CT molecular complexity index is 670. The fourth-order valence-electron chi connectivity index (χ4n) is 2.19. The van der Waals surface area contributed by atoms with Crippen LogP contribution in [0.15, 0.2) is 29.6 Å². The first-order chi connectivity index (χ1) is 10.9. The highest BCUT2D eigenvalue weighted by Gasteiger charge is 2.16. The van der Waals surface area contributed by atoms with Crippen LogP contribution in [-0.2, 0) is 6.54 Å². The van der Waals surface area contributed by atoms with Gasteiger partial charge in [0.1, 0.15) is 5.01 Å². The van der Waals surface area contributed by atoms with Crippen LogP contribution >= 0.6 is 11.3 Å². The summed E-state index contributed by atoms with van der Waals surface area (Å²) in [6.07, 6.45) is 0.746. The lowest BCUT2D eigenvalue weighted by Gasteiger charge is -2.23. The number of nitro benzene ring substituents is 1. The van der Waals surface area contributed by atoms with E-state index in [2.05, 4.69) is 24.1 Å². The van der Waals surface area contributed by atoms with Crippen molar-refractivity contribution in [3.05, 3.63) is 45.5 Å². The molecule has 0 spiro atoms. The largest absolute Gasteiger partial charge is 0.396 e. The Morgan fingerprint density at radius 1 is 1.43 bits per heavy atom. The molecule has 124 valence electrons. The Hall–Kier alpha value is -1.83. The van der Waals surface area contributed by atoms with Crippen LogP contribution in [0.2, 0.25) is 0 Å². The van der Waals surface area contributed by atoms with Gasteiger partial charge >= 0.3 is 0 Å². The number of hydrogen-bond donors (Lipinski definition) is 2. The predicted molar refractivity (Wildman–Crippen MR) is 91.4 cm³/mol. The van der Waals surface area contributed by atoms with Crippen molar-refractivity contribution in [3.8, 4) is 10.6 Å². The Labute approximate surface area is 139 Å². The number of hydrogen-bond acceptors (Lipinski definition) is 6. The molecule has 0 amide bonds. The molecule has 0 aliphatic heterocycles. The number of rotatable bonds is 8. The van der Waals surface area contributed by atoms with Crippen molar-refractivity contribution >= 4 is 17.0 Å². The second kappa shape index (κ2) is 7.63. The maximum atomic E-state index is 10.8. The Morgan fingerprint density at radius 2 is 2.22 bits per heavy atom. The third-order valence-corrected chi connectivity index (χ3v) is 4.49. The lowest BCUT2D eigenvalue weighted by molar-refractivity contribution is -0.384. The molecule has 6 nitrogen and oxygen atoms in total. The van der Waals surface area contributed by atoms with E-state index < -0.39 is 4.92 Å². The van der Waals surface area contributed by atoms with Crippen LogP contribution in [0.1, 0.15) is 26.0 Å². The van der Waals surface area contributed by atoms with Crippen LogP contribution in [0.25, 0.3) is 10.6 Å². The highest BCUT2D eigenvalue weighted by atomic mass is 32.1. The minimum Gasteiger partial charge on any atom is -0.396 e. The number of nitrogens with zero attached hydrogens (tertiary/aromatic N) is 2. The second-order valence-electron chi connectivity index (χ2n) is 6.19. The van der Waals surface area contributed by atoms with Crippen molar-refractivity contribution in [2.75, 3.05) is 13.2 Å². The van der Waals surface area contributed by atoms with Gasteiger partial charge in [0.2, 0.25) is 0 Å². The zero-order valence-corrected chi connectivity index (χ0v) is 14.1. The molecular weight excluding hydrogens is 314 g/mol. The van der Waals surface area contributed by atoms with Crippen LogP contribution < -0.4 is 5.32 Å². The van der Waals surface area contributed by atoms with Gasteiger partial charge in [-0.15, -0.1) is 11.3 Å². The topological polar surface area (TPSA) is 88.3 Å². The molecule has 0 aliphatic carbocycles. The van der Waals surface area contributed by atoms with Crippen molar-refractivity contribution in [2.45, 2.75) is 26.8 Å². The second-order valence-corrected chi connectivity index (χ2v) is 7.05. The van der Waals surface area contributed by atoms with Crippen molar-refractivity contribution in [1.29, 1.82) is 0 Å². The van der Waals surface area contributed by atoms with Gasteiger partial charge in [-0.1, -0.05) is 26.0 Å². The summed E-state index contributed by atoms with van der Waals surface area (Å²) in [7, 11) is 0. The standard InChI is InChI=1S/C16H21N3O3S/c1-16(2,6-7-20)11-17-9-13-10-23-15(18-13)12-4-3-5-14(8-12)19(21)22/h3-5,8,10,17,20H,6-7,9,11H2,1-2H3. The lowest BCUT2D eigenvalue weighted by atomic mass is 9.90. The van der Waals surface area contributed by atoms with Gasteiger partial charge in [0.25, 0.3) is 5.69 Å². The molecule has 0 saturated carbocycles. The third-order valence-electron chi connectivity index (χ3n) is 3.55. The van der Waals surface area contributed by atoms with Gasteiger partial charge in [-0.05, 0) is 11.8 Å². The van der Waals surface area contributed by atoms with Gasteiger partial charge < -0.3 is 10.4 Å². The highest BCUT2D eigenvalue weighted by molar-refractivity contribution is 7.13. The van der Waals surface area contributed by atoms with E-state index in [0.717, 1.165) is 29.2 Å². The highest BCUT2D eigenvalue weighted by Crippen LogP contribution is 2.27. The first-order valence-electron chi connectivity index (χ1n) is 7.42. The van der Waals surface area contributed by atoms with Crippen molar-refractivity contribution in [2.24, 2.45) is 5.41 Å². The van der Waals surface area contributed by atoms with E-state index in [9.17, 15) is 10.1 Å². The minimum absolute atomic E-state index is 0.0354. The average molecular weight is 335 g/mol. The number of aliphatic hydroxyl groups is 1. The van der Waals surface area contributed by atoms with Crippen LogP contribution in [0.5, 0.6) is 0 Å². The van der Waals surface area contributed by atoms with Crippen molar-refractivity contribution < 1.29 is 10.0 Å². The summed E-state index contributed by atoms with van der Waals surface area (Å²) in [6, 6.07) is 6.51. The third kappa shape index (κ3) is 5.09. The molecule has 1 aromatic heterocycles. The summed E-state index contributed by atoms with van der Waals surface area (Å²) in [5.74, 6) is 0. The molecule has 0 unspecified atom stereocenters. The summed E-state index contributed by atoms with van der Waals surface area (Å²) in [4.78, 5) is 15.0. The minimum atomic E-state index is -0.400. The molecule has 0 saturated heterocycles. The zero-order valence-electron chi connectivity index (χ0n) is 13.3. The fraction of sp³-hybridized carbons (Fsp3) is 0.438. The molecule has 23 heavy (non-hydrogen) atoms. The Kier molecular flexibility index (Phi) is 5.81. The van der Waals surface area contributed by atoms with Crippen LogP contribution in [0, 0.1) is 15.5 Å². The monoisotopic (exact) mass is 335 g/mol. The molecule has 0 atom stereocenters. The zero-order chi connectivity index (χ0) is 16.9. The molecule has 2 N–H and O–H groups in total. The summed E-state index contributed by atoms with van der Waals surface area (Å²) >= 11 is 1.48.